The maximum atomic E-state index is 16.5. The molecule has 5 aromatic carbocycles. The van der Waals surface area contributed by atoms with Crippen LogP contribution in [0.25, 0.3) is 101 Å². The number of halogens is 4. The van der Waals surface area contributed by atoms with Gasteiger partial charge in [0.15, 0.2) is 23.3 Å². The Balaban J connectivity index is 0.00000422. The van der Waals surface area contributed by atoms with Gasteiger partial charge in [-0.25, -0.2) is 27.5 Å². The molecule has 0 spiro atoms. The minimum Gasteiger partial charge on any atom is -0.657 e. The summed E-state index contributed by atoms with van der Waals surface area (Å²) in [5.41, 5.74) is 6.84. The number of hydrogen-bond acceptors (Lipinski definition) is 2. The van der Waals surface area contributed by atoms with Crippen molar-refractivity contribution in [2.75, 3.05) is 0 Å². The molecule has 8 aromatic rings. The van der Waals surface area contributed by atoms with Crippen LogP contribution in [0, 0.1) is 23.3 Å². The summed E-state index contributed by atoms with van der Waals surface area (Å²) in [7, 11) is 0. The first-order chi connectivity index (χ1) is 27.5. The molecule has 0 atom stereocenters. The molecule has 0 amide bonds. The topological polar surface area (TPSA) is 54.0 Å². The zero-order chi connectivity index (χ0) is 37.9. The third-order valence-corrected chi connectivity index (χ3v) is 10.1. The fourth-order valence-corrected chi connectivity index (χ4v) is 7.67. The van der Waals surface area contributed by atoms with Gasteiger partial charge < -0.3 is 9.97 Å². The predicted molar refractivity (Wildman–Crippen MR) is 214 cm³/mol. The molecule has 0 N–H and O–H groups in total. The summed E-state index contributed by atoms with van der Waals surface area (Å²) in [6, 6.07) is 44.7. The minimum atomic E-state index is -1.93. The largest absolute Gasteiger partial charge is 2.00 e. The fraction of sp³-hybridized carbons (Fsp3) is 0. The summed E-state index contributed by atoms with van der Waals surface area (Å²) in [6.07, 6.45) is 3.90. The quantitative estimate of drug-likeness (QED) is 0.0770. The van der Waals surface area contributed by atoms with Crippen molar-refractivity contribution < 1.29 is 34.6 Å². The van der Waals surface area contributed by atoms with Crippen LogP contribution in [0.1, 0.15) is 11.4 Å². The van der Waals surface area contributed by atoms with Crippen LogP contribution in [-0.4, -0.2) is 9.97 Å². The standard InChI is InChI=1S/C48H26F4N4.Cu/c49-43-41-42(44(50)46(52)45(43)51)48-40(30-19-11-4-12-20-30)36-26-24-34(55-36)38(28-15-7-2-8-16-28)32-22-21-31(53-32)37(27-13-5-1-6-14-27)33-23-25-35(54-33)39(47(41)56-48)29-17-9-3-10-18-29;/h1-26H;/q-2;+2. The van der Waals surface area contributed by atoms with Crippen molar-refractivity contribution in [2.24, 2.45) is 0 Å². The zero-order valence-electron chi connectivity index (χ0n) is 29.6. The first-order valence-electron chi connectivity index (χ1n) is 17.9. The molecule has 0 saturated carbocycles. The Bertz CT molecular complexity index is 2850. The summed E-state index contributed by atoms with van der Waals surface area (Å²) < 4.78 is 63.8. The molecular weight excluding hydrogens is 772 g/mol. The molecule has 57 heavy (non-hydrogen) atoms. The van der Waals surface area contributed by atoms with Crippen molar-refractivity contribution in [3.63, 3.8) is 0 Å². The molecule has 0 saturated heterocycles. The fourth-order valence-electron chi connectivity index (χ4n) is 7.67. The third kappa shape index (κ3) is 5.91. The van der Waals surface area contributed by atoms with Crippen molar-refractivity contribution in [2.45, 2.75) is 0 Å². The van der Waals surface area contributed by atoms with E-state index in [0.717, 1.165) is 22.3 Å². The normalized spacial score (nSPS) is 11.6. The Labute approximate surface area is 334 Å². The minimum absolute atomic E-state index is 0. The summed E-state index contributed by atoms with van der Waals surface area (Å²) >= 11 is 0. The van der Waals surface area contributed by atoms with Gasteiger partial charge in [-0.05, 0) is 56.7 Å². The Kier molecular flexibility index (Phi) is 9.04. The average Bonchev–Trinajstić information content (AvgIpc) is 4.08. The van der Waals surface area contributed by atoms with Gasteiger partial charge in [-0.1, -0.05) is 146 Å². The summed E-state index contributed by atoms with van der Waals surface area (Å²) in [5, 5.41) is 0. The Hall–Kier alpha value is -6.80. The molecule has 4 nitrogen and oxygen atoms in total. The monoisotopic (exact) mass is 797 g/mol. The molecule has 2 aliphatic rings. The van der Waals surface area contributed by atoms with Gasteiger partial charge in [0, 0.05) is 0 Å². The molecule has 5 heterocycles. The molecule has 8 bridgehead atoms. The van der Waals surface area contributed by atoms with Gasteiger partial charge in [-0.3, -0.25) is 0 Å². The number of aromatic nitrogens is 4. The molecule has 0 aliphatic carbocycles. The molecule has 2 aliphatic heterocycles. The van der Waals surface area contributed by atoms with E-state index in [1.165, 1.54) is 0 Å². The first kappa shape index (κ1) is 35.9. The van der Waals surface area contributed by atoms with Crippen LogP contribution in [0.2, 0.25) is 0 Å². The maximum Gasteiger partial charge on any atom is 2.00 e. The first-order valence-corrected chi connectivity index (χ1v) is 17.9. The number of hydrogen-bond donors (Lipinski definition) is 0. The molecule has 277 valence electrons. The second-order valence-electron chi connectivity index (χ2n) is 13.4. The van der Waals surface area contributed by atoms with Crippen molar-refractivity contribution in [1.82, 2.24) is 19.9 Å². The van der Waals surface area contributed by atoms with Crippen molar-refractivity contribution >= 4 is 34.2 Å². The SMILES string of the molecule is Fc1c(F)c(F)c2c(c1F)-c1nc-2c(-c2ccccc2)c2ccc([n-]2)c(-c2ccccc2)c2nc(c(-c3ccccc3)c3ccc([n-]3)c1-c1ccccc1)C=C2.[Cu+2]. The van der Waals surface area contributed by atoms with Gasteiger partial charge in [0.25, 0.3) is 0 Å². The molecule has 0 fully saturated rings. The van der Waals surface area contributed by atoms with Crippen LogP contribution in [0.4, 0.5) is 17.6 Å². The van der Waals surface area contributed by atoms with E-state index in [9.17, 15) is 0 Å². The molecule has 10 rings (SSSR count). The number of nitrogens with zero attached hydrogens (tertiary/aromatic N) is 4. The van der Waals surface area contributed by atoms with Crippen molar-refractivity contribution in [3.8, 4) is 67.0 Å². The van der Waals surface area contributed by atoms with E-state index in [-0.39, 0.29) is 28.5 Å². The third-order valence-electron chi connectivity index (χ3n) is 10.1. The number of benzene rings is 5. The number of fused-ring (bicyclic) bond motifs is 11. The second-order valence-corrected chi connectivity index (χ2v) is 13.4. The van der Waals surface area contributed by atoms with Crippen molar-refractivity contribution in [1.29, 1.82) is 0 Å². The van der Waals surface area contributed by atoms with E-state index >= 15 is 17.6 Å². The van der Waals surface area contributed by atoms with E-state index < -0.39 is 34.4 Å². The van der Waals surface area contributed by atoms with Gasteiger partial charge in [0.05, 0.1) is 33.9 Å². The van der Waals surface area contributed by atoms with Gasteiger partial charge >= 0.3 is 17.1 Å². The van der Waals surface area contributed by atoms with Gasteiger partial charge in [0.1, 0.15) is 0 Å². The molecule has 9 heteroatoms. The van der Waals surface area contributed by atoms with Crippen LogP contribution in [0.5, 0.6) is 0 Å². The van der Waals surface area contributed by atoms with Gasteiger partial charge in [-0.15, -0.1) is 22.1 Å². The average molecular weight is 798 g/mol. The molecular formula is C48H26CuF4N4. The second kappa shape index (κ2) is 14.4. The van der Waals surface area contributed by atoms with Crippen LogP contribution >= 0.6 is 0 Å². The van der Waals surface area contributed by atoms with E-state index in [2.05, 4.69) is 0 Å². The van der Waals surface area contributed by atoms with E-state index in [1.807, 2.05) is 97.1 Å². The van der Waals surface area contributed by atoms with Crippen LogP contribution in [-0.2, 0) is 17.1 Å². The predicted octanol–water partition coefficient (Wildman–Crippen LogP) is 12.3. The molecule has 1 radical (unpaired) electrons. The Morgan fingerprint density at radius 1 is 0.316 bits per heavy atom. The van der Waals surface area contributed by atoms with E-state index in [4.69, 9.17) is 19.9 Å². The smallest absolute Gasteiger partial charge is 0.657 e. The van der Waals surface area contributed by atoms with Crippen molar-refractivity contribution in [3.05, 3.63) is 180 Å². The molecule has 0 unspecified atom stereocenters. The maximum absolute atomic E-state index is 16.5. The summed E-state index contributed by atoms with van der Waals surface area (Å²) in [5.74, 6) is -6.98. The van der Waals surface area contributed by atoms with Crippen LogP contribution < -0.4 is 9.97 Å². The number of rotatable bonds is 4. The van der Waals surface area contributed by atoms with E-state index in [1.54, 1.807) is 60.7 Å². The van der Waals surface area contributed by atoms with Gasteiger partial charge in [-0.2, -0.15) is 0 Å². The summed E-state index contributed by atoms with van der Waals surface area (Å²) in [4.78, 5) is 20.4. The zero-order valence-corrected chi connectivity index (χ0v) is 30.6. The summed E-state index contributed by atoms with van der Waals surface area (Å²) in [6.45, 7) is 0. The Morgan fingerprint density at radius 3 is 0.947 bits per heavy atom. The van der Waals surface area contributed by atoms with Gasteiger partial charge in [0.2, 0.25) is 0 Å². The van der Waals surface area contributed by atoms with Crippen LogP contribution in [0.15, 0.2) is 146 Å². The van der Waals surface area contributed by atoms with Crippen LogP contribution in [0.3, 0.4) is 0 Å². The molecule has 3 aromatic heterocycles. The Morgan fingerprint density at radius 2 is 0.614 bits per heavy atom. The van der Waals surface area contributed by atoms with E-state index in [0.29, 0.717) is 55.7 Å².